The summed E-state index contributed by atoms with van der Waals surface area (Å²) in [7, 11) is 0. The van der Waals surface area contributed by atoms with Gasteiger partial charge < -0.3 is 10.6 Å². The molecule has 3 nitrogen and oxygen atoms in total. The molecule has 4 heteroatoms. The first kappa shape index (κ1) is 14.2. The summed E-state index contributed by atoms with van der Waals surface area (Å²) < 4.78 is 0. The van der Waals surface area contributed by atoms with Crippen LogP contribution in [-0.4, -0.2) is 23.4 Å². The fourth-order valence-corrected chi connectivity index (χ4v) is 2.50. The number of hydrogen-bond donors (Lipinski definition) is 1. The van der Waals surface area contributed by atoms with Crippen LogP contribution >= 0.6 is 11.3 Å². The van der Waals surface area contributed by atoms with Gasteiger partial charge in [0.05, 0.1) is 12.6 Å². The highest BCUT2D eigenvalue weighted by Crippen LogP contribution is 2.13. The van der Waals surface area contributed by atoms with Gasteiger partial charge in [-0.15, -0.1) is 11.3 Å². The smallest absolute Gasteiger partial charge is 0.239 e. The highest BCUT2D eigenvalue weighted by molar-refractivity contribution is 7.09. The Hall–Kier alpha value is -0.870. The summed E-state index contributed by atoms with van der Waals surface area (Å²) in [5.41, 5.74) is 5.94. The van der Waals surface area contributed by atoms with Crippen LogP contribution in [0.3, 0.4) is 0 Å². The van der Waals surface area contributed by atoms with E-state index in [1.807, 2.05) is 23.3 Å². The van der Waals surface area contributed by atoms with Crippen molar-refractivity contribution in [2.24, 2.45) is 11.7 Å². The second-order valence-corrected chi connectivity index (χ2v) is 5.70. The van der Waals surface area contributed by atoms with Crippen molar-refractivity contribution in [2.75, 3.05) is 6.54 Å². The highest BCUT2D eigenvalue weighted by Gasteiger charge is 2.20. The fraction of sp³-hybridized carbons (Fsp3) is 0.615. The molecular formula is C13H22N2OS. The van der Waals surface area contributed by atoms with Gasteiger partial charge in [-0.1, -0.05) is 19.9 Å². The summed E-state index contributed by atoms with van der Waals surface area (Å²) in [5.74, 6) is 0.518. The van der Waals surface area contributed by atoms with Gasteiger partial charge in [-0.05, 0) is 30.7 Å². The maximum atomic E-state index is 12.1. The second-order valence-electron chi connectivity index (χ2n) is 4.67. The van der Waals surface area contributed by atoms with Crippen molar-refractivity contribution in [3.05, 3.63) is 22.4 Å². The average Bonchev–Trinajstić information content (AvgIpc) is 2.76. The van der Waals surface area contributed by atoms with Crippen molar-refractivity contribution in [1.29, 1.82) is 0 Å². The predicted molar refractivity (Wildman–Crippen MR) is 72.8 cm³/mol. The molecule has 0 saturated carbocycles. The lowest BCUT2D eigenvalue weighted by molar-refractivity contribution is -0.133. The largest absolute Gasteiger partial charge is 0.336 e. The van der Waals surface area contributed by atoms with E-state index in [0.29, 0.717) is 19.0 Å². The van der Waals surface area contributed by atoms with Crippen molar-refractivity contribution in [1.82, 2.24) is 4.90 Å². The molecule has 0 radical (unpaired) electrons. The first-order valence-corrected chi connectivity index (χ1v) is 6.99. The van der Waals surface area contributed by atoms with E-state index in [1.54, 1.807) is 11.3 Å². The van der Waals surface area contributed by atoms with Crippen LogP contribution in [0.15, 0.2) is 17.5 Å². The van der Waals surface area contributed by atoms with E-state index >= 15 is 0 Å². The SMILES string of the molecule is CCN(Cc1cccs1)C(=O)[C@H](N)CC(C)C. The molecule has 0 bridgehead atoms. The molecule has 17 heavy (non-hydrogen) atoms. The lowest BCUT2D eigenvalue weighted by atomic mass is 10.0. The third-order valence-corrected chi connectivity index (χ3v) is 3.52. The molecule has 2 N–H and O–H groups in total. The Morgan fingerprint density at radius 3 is 2.71 bits per heavy atom. The van der Waals surface area contributed by atoms with Crippen LogP contribution in [0.2, 0.25) is 0 Å². The summed E-state index contributed by atoms with van der Waals surface area (Å²) in [6.07, 6.45) is 0.750. The Balaban J connectivity index is 2.57. The number of nitrogens with zero attached hydrogens (tertiary/aromatic N) is 1. The van der Waals surface area contributed by atoms with Crippen LogP contribution in [0.1, 0.15) is 32.1 Å². The molecule has 1 heterocycles. The monoisotopic (exact) mass is 254 g/mol. The molecule has 1 rings (SSSR count). The molecular weight excluding hydrogens is 232 g/mol. The van der Waals surface area contributed by atoms with Crippen molar-refractivity contribution in [2.45, 2.75) is 39.8 Å². The molecule has 0 aliphatic heterocycles. The van der Waals surface area contributed by atoms with Crippen LogP contribution in [0.4, 0.5) is 0 Å². The molecule has 1 aromatic heterocycles. The molecule has 0 aromatic carbocycles. The standard InChI is InChI=1S/C13H22N2OS/c1-4-15(9-11-6-5-7-17-11)13(16)12(14)8-10(2)3/h5-7,10,12H,4,8-9,14H2,1-3H3/t12-/m1/s1. The van der Waals surface area contributed by atoms with E-state index in [4.69, 9.17) is 5.73 Å². The van der Waals surface area contributed by atoms with E-state index in [-0.39, 0.29) is 11.9 Å². The quantitative estimate of drug-likeness (QED) is 0.847. The minimum atomic E-state index is -0.366. The van der Waals surface area contributed by atoms with E-state index < -0.39 is 0 Å². The Morgan fingerprint density at radius 2 is 2.24 bits per heavy atom. The van der Waals surface area contributed by atoms with Gasteiger partial charge >= 0.3 is 0 Å². The molecule has 1 aromatic rings. The summed E-state index contributed by atoms with van der Waals surface area (Å²) in [6, 6.07) is 3.69. The first-order valence-electron chi connectivity index (χ1n) is 6.11. The van der Waals surface area contributed by atoms with Crippen molar-refractivity contribution in [3.8, 4) is 0 Å². The van der Waals surface area contributed by atoms with Gasteiger partial charge in [0.25, 0.3) is 0 Å². The maximum Gasteiger partial charge on any atom is 0.239 e. The van der Waals surface area contributed by atoms with Crippen molar-refractivity contribution < 1.29 is 4.79 Å². The lowest BCUT2D eigenvalue weighted by Crippen LogP contribution is -2.43. The van der Waals surface area contributed by atoms with Crippen molar-refractivity contribution in [3.63, 3.8) is 0 Å². The van der Waals surface area contributed by atoms with Crippen molar-refractivity contribution >= 4 is 17.2 Å². The molecule has 0 saturated heterocycles. The summed E-state index contributed by atoms with van der Waals surface area (Å²) >= 11 is 1.67. The molecule has 1 atom stereocenters. The Morgan fingerprint density at radius 1 is 1.53 bits per heavy atom. The van der Waals surface area contributed by atoms with Gasteiger partial charge in [0.1, 0.15) is 0 Å². The molecule has 0 unspecified atom stereocenters. The highest BCUT2D eigenvalue weighted by atomic mass is 32.1. The molecule has 1 amide bonds. The van der Waals surface area contributed by atoms with Crippen LogP contribution in [-0.2, 0) is 11.3 Å². The zero-order chi connectivity index (χ0) is 12.8. The average molecular weight is 254 g/mol. The van der Waals surface area contributed by atoms with Crippen LogP contribution < -0.4 is 5.73 Å². The molecule has 0 fully saturated rings. The summed E-state index contributed by atoms with van der Waals surface area (Å²) in [4.78, 5) is 15.2. The number of amides is 1. The fourth-order valence-electron chi connectivity index (χ4n) is 1.78. The first-order chi connectivity index (χ1) is 8.04. The minimum Gasteiger partial charge on any atom is -0.336 e. The number of hydrogen-bond acceptors (Lipinski definition) is 3. The third kappa shape index (κ3) is 4.48. The Labute approximate surface area is 108 Å². The van der Waals surface area contributed by atoms with Crippen LogP contribution in [0.25, 0.3) is 0 Å². The van der Waals surface area contributed by atoms with Gasteiger partial charge in [-0.25, -0.2) is 0 Å². The summed E-state index contributed by atoms with van der Waals surface area (Å²) in [6.45, 7) is 7.56. The van der Waals surface area contributed by atoms with E-state index in [0.717, 1.165) is 6.42 Å². The van der Waals surface area contributed by atoms with Gasteiger partial charge in [-0.2, -0.15) is 0 Å². The van der Waals surface area contributed by atoms with Gasteiger partial charge in [0, 0.05) is 11.4 Å². The predicted octanol–water partition coefficient (Wildman–Crippen LogP) is 2.47. The van der Waals surface area contributed by atoms with Gasteiger partial charge in [0.15, 0.2) is 0 Å². The van der Waals surface area contributed by atoms with Crippen LogP contribution in [0.5, 0.6) is 0 Å². The molecule has 0 aliphatic rings. The van der Waals surface area contributed by atoms with Gasteiger partial charge in [-0.3, -0.25) is 4.79 Å². The molecule has 0 aliphatic carbocycles. The normalized spacial score (nSPS) is 12.8. The second kappa shape index (κ2) is 6.77. The van der Waals surface area contributed by atoms with E-state index in [2.05, 4.69) is 19.9 Å². The maximum absolute atomic E-state index is 12.1. The zero-order valence-corrected chi connectivity index (χ0v) is 11.7. The van der Waals surface area contributed by atoms with Gasteiger partial charge in [0.2, 0.25) is 5.91 Å². The number of thiophene rings is 1. The Bertz CT molecular complexity index is 335. The number of nitrogens with two attached hydrogens (primary N) is 1. The number of likely N-dealkylation sites (N-methyl/N-ethyl adjacent to an activating group) is 1. The topological polar surface area (TPSA) is 46.3 Å². The lowest BCUT2D eigenvalue weighted by Gasteiger charge is -2.24. The Kier molecular flexibility index (Phi) is 5.65. The number of carbonyl (C=O) groups excluding carboxylic acids is 1. The third-order valence-electron chi connectivity index (χ3n) is 2.66. The number of carbonyl (C=O) groups is 1. The van der Waals surface area contributed by atoms with Crippen LogP contribution in [0, 0.1) is 5.92 Å². The number of rotatable bonds is 6. The minimum absolute atomic E-state index is 0.0644. The van der Waals surface area contributed by atoms with E-state index in [9.17, 15) is 4.79 Å². The zero-order valence-electron chi connectivity index (χ0n) is 10.8. The molecule has 0 spiro atoms. The summed E-state index contributed by atoms with van der Waals surface area (Å²) in [5, 5.41) is 2.03. The van der Waals surface area contributed by atoms with E-state index in [1.165, 1.54) is 4.88 Å². The molecule has 96 valence electrons.